The zero-order valence-corrected chi connectivity index (χ0v) is 12.0. The molecule has 1 heterocycles. The van der Waals surface area contributed by atoms with Gasteiger partial charge in [0.05, 0.1) is 17.5 Å². The Hall–Kier alpha value is -0.610. The first-order chi connectivity index (χ1) is 8.19. The van der Waals surface area contributed by atoms with Crippen molar-refractivity contribution in [2.75, 3.05) is 12.4 Å². The van der Waals surface area contributed by atoms with Gasteiger partial charge < -0.3 is 10.1 Å². The first kappa shape index (κ1) is 12.8. The van der Waals surface area contributed by atoms with Crippen LogP contribution in [0.4, 0.5) is 5.69 Å². The summed E-state index contributed by atoms with van der Waals surface area (Å²) in [6.07, 6.45) is 5.10. The van der Waals surface area contributed by atoms with Crippen LogP contribution in [0.15, 0.2) is 16.7 Å². The van der Waals surface area contributed by atoms with E-state index in [1.807, 2.05) is 13.0 Å². The maximum atomic E-state index is 5.38. The highest BCUT2D eigenvalue weighted by Crippen LogP contribution is 2.25. The Labute approximate surface area is 111 Å². The van der Waals surface area contributed by atoms with Gasteiger partial charge in [0, 0.05) is 13.2 Å². The van der Waals surface area contributed by atoms with Crippen LogP contribution in [-0.4, -0.2) is 24.2 Å². The molecule has 0 spiro atoms. The zero-order valence-electron chi connectivity index (χ0n) is 10.4. The van der Waals surface area contributed by atoms with Crippen LogP contribution in [0.25, 0.3) is 0 Å². The summed E-state index contributed by atoms with van der Waals surface area (Å²) in [6.45, 7) is 2.04. The molecule has 1 aliphatic carbocycles. The fourth-order valence-electron chi connectivity index (χ4n) is 2.35. The Kier molecular flexibility index (Phi) is 4.40. The van der Waals surface area contributed by atoms with Crippen molar-refractivity contribution in [3.63, 3.8) is 0 Å². The average molecular weight is 299 g/mol. The van der Waals surface area contributed by atoms with E-state index in [0.717, 1.165) is 28.8 Å². The van der Waals surface area contributed by atoms with Crippen molar-refractivity contribution in [1.82, 2.24) is 4.98 Å². The predicted molar refractivity (Wildman–Crippen MR) is 73.3 cm³/mol. The number of aryl methyl sites for hydroxylation is 1. The molecule has 2 rings (SSSR count). The zero-order chi connectivity index (χ0) is 12.3. The molecule has 1 aromatic rings. The van der Waals surface area contributed by atoms with Crippen molar-refractivity contribution in [3.8, 4) is 0 Å². The molecule has 1 aromatic heterocycles. The van der Waals surface area contributed by atoms with Crippen LogP contribution in [0, 0.1) is 6.92 Å². The fraction of sp³-hybridized carbons (Fsp3) is 0.615. The SMILES string of the molecule is COC1CCC(Nc2ccc(Br)nc2C)CC1. The van der Waals surface area contributed by atoms with Gasteiger partial charge in [0.2, 0.25) is 0 Å². The molecular weight excluding hydrogens is 280 g/mol. The molecule has 4 heteroatoms. The van der Waals surface area contributed by atoms with Crippen LogP contribution in [0.3, 0.4) is 0 Å². The van der Waals surface area contributed by atoms with Crippen molar-refractivity contribution >= 4 is 21.6 Å². The van der Waals surface area contributed by atoms with E-state index in [0.29, 0.717) is 12.1 Å². The second-order valence-corrected chi connectivity index (χ2v) is 5.43. The Bertz CT molecular complexity index is 376. The third-order valence-corrected chi connectivity index (χ3v) is 3.86. The summed E-state index contributed by atoms with van der Waals surface area (Å²) in [5.41, 5.74) is 2.20. The number of pyridine rings is 1. The lowest BCUT2D eigenvalue weighted by Gasteiger charge is -2.29. The van der Waals surface area contributed by atoms with Gasteiger partial charge >= 0.3 is 0 Å². The first-order valence-electron chi connectivity index (χ1n) is 6.11. The Morgan fingerprint density at radius 2 is 2.00 bits per heavy atom. The molecule has 0 unspecified atom stereocenters. The molecule has 1 N–H and O–H groups in total. The van der Waals surface area contributed by atoms with Crippen molar-refractivity contribution < 1.29 is 4.74 Å². The Morgan fingerprint density at radius 1 is 1.29 bits per heavy atom. The number of hydrogen-bond donors (Lipinski definition) is 1. The highest BCUT2D eigenvalue weighted by atomic mass is 79.9. The van der Waals surface area contributed by atoms with Gasteiger partial charge in [-0.2, -0.15) is 0 Å². The van der Waals surface area contributed by atoms with Crippen LogP contribution in [0.1, 0.15) is 31.4 Å². The molecule has 0 aliphatic heterocycles. The van der Waals surface area contributed by atoms with Crippen LogP contribution < -0.4 is 5.32 Å². The number of hydrogen-bond acceptors (Lipinski definition) is 3. The van der Waals surface area contributed by atoms with Crippen molar-refractivity contribution in [2.24, 2.45) is 0 Å². The van der Waals surface area contributed by atoms with Gasteiger partial charge in [-0.25, -0.2) is 4.98 Å². The molecule has 1 aliphatic rings. The van der Waals surface area contributed by atoms with Crippen LogP contribution >= 0.6 is 15.9 Å². The van der Waals surface area contributed by atoms with Crippen molar-refractivity contribution in [2.45, 2.75) is 44.8 Å². The molecule has 1 saturated carbocycles. The maximum Gasteiger partial charge on any atom is 0.106 e. The average Bonchev–Trinajstić information content (AvgIpc) is 2.34. The minimum absolute atomic E-state index is 0.456. The summed E-state index contributed by atoms with van der Waals surface area (Å²) < 4.78 is 6.28. The Balaban J connectivity index is 1.93. The second-order valence-electron chi connectivity index (χ2n) is 4.62. The molecule has 0 bridgehead atoms. The number of aromatic nitrogens is 1. The minimum atomic E-state index is 0.456. The first-order valence-corrected chi connectivity index (χ1v) is 6.91. The summed E-state index contributed by atoms with van der Waals surface area (Å²) in [5.74, 6) is 0. The van der Waals surface area contributed by atoms with Crippen molar-refractivity contribution in [3.05, 3.63) is 22.4 Å². The number of ether oxygens (including phenoxy) is 1. The fourth-order valence-corrected chi connectivity index (χ4v) is 2.74. The van der Waals surface area contributed by atoms with E-state index in [1.54, 1.807) is 7.11 Å². The van der Waals surface area contributed by atoms with E-state index in [4.69, 9.17) is 4.74 Å². The quantitative estimate of drug-likeness (QED) is 0.867. The van der Waals surface area contributed by atoms with Crippen LogP contribution in [0.5, 0.6) is 0 Å². The molecule has 1 fully saturated rings. The number of rotatable bonds is 3. The van der Waals surface area contributed by atoms with Gasteiger partial charge in [-0.05, 0) is 60.7 Å². The minimum Gasteiger partial charge on any atom is -0.381 e. The lowest BCUT2D eigenvalue weighted by molar-refractivity contribution is 0.0682. The van der Waals surface area contributed by atoms with Gasteiger partial charge in [0.25, 0.3) is 0 Å². The molecule has 17 heavy (non-hydrogen) atoms. The molecule has 0 amide bonds. The predicted octanol–water partition coefficient (Wildman–Crippen LogP) is 3.52. The number of halogens is 1. The molecule has 0 radical (unpaired) electrons. The van der Waals surface area contributed by atoms with Crippen LogP contribution in [0.2, 0.25) is 0 Å². The molecule has 3 nitrogen and oxygen atoms in total. The lowest BCUT2D eigenvalue weighted by atomic mass is 9.93. The molecule has 94 valence electrons. The summed E-state index contributed by atoms with van der Waals surface area (Å²) >= 11 is 3.38. The molecule has 0 atom stereocenters. The van der Waals surface area contributed by atoms with Gasteiger partial charge in [-0.3, -0.25) is 0 Å². The van der Waals surface area contributed by atoms with Crippen LogP contribution in [-0.2, 0) is 4.74 Å². The molecule has 0 saturated heterocycles. The normalized spacial score (nSPS) is 24.6. The second kappa shape index (κ2) is 5.83. The number of nitrogens with one attached hydrogen (secondary N) is 1. The van der Waals surface area contributed by atoms with Gasteiger partial charge in [-0.15, -0.1) is 0 Å². The van der Waals surface area contributed by atoms with E-state index < -0.39 is 0 Å². The topological polar surface area (TPSA) is 34.1 Å². The largest absolute Gasteiger partial charge is 0.381 e. The highest BCUT2D eigenvalue weighted by molar-refractivity contribution is 9.10. The molecule has 0 aromatic carbocycles. The maximum absolute atomic E-state index is 5.38. The third kappa shape index (κ3) is 3.42. The Morgan fingerprint density at radius 3 is 2.59 bits per heavy atom. The summed E-state index contributed by atoms with van der Waals surface area (Å²) in [5, 5.41) is 3.58. The number of methoxy groups -OCH3 is 1. The highest BCUT2D eigenvalue weighted by Gasteiger charge is 2.20. The van der Waals surface area contributed by atoms with Gasteiger partial charge in [-0.1, -0.05) is 0 Å². The lowest BCUT2D eigenvalue weighted by Crippen LogP contribution is -2.29. The molecular formula is C13H19BrN2O. The van der Waals surface area contributed by atoms with E-state index in [9.17, 15) is 0 Å². The number of anilines is 1. The monoisotopic (exact) mass is 298 g/mol. The van der Waals surface area contributed by atoms with Gasteiger partial charge in [0.15, 0.2) is 0 Å². The smallest absolute Gasteiger partial charge is 0.106 e. The summed E-state index contributed by atoms with van der Waals surface area (Å²) in [4.78, 5) is 4.40. The standard InChI is InChI=1S/C13H19BrN2O/c1-9-12(7-8-13(14)15-9)16-10-3-5-11(17-2)6-4-10/h7-8,10-11,16H,3-6H2,1-2H3. The van der Waals surface area contributed by atoms with Gasteiger partial charge in [0.1, 0.15) is 4.60 Å². The van der Waals surface area contributed by atoms with E-state index in [-0.39, 0.29) is 0 Å². The summed E-state index contributed by atoms with van der Waals surface area (Å²) in [7, 11) is 1.81. The third-order valence-electron chi connectivity index (χ3n) is 3.42. The van der Waals surface area contributed by atoms with E-state index in [2.05, 4.69) is 32.3 Å². The van der Waals surface area contributed by atoms with E-state index in [1.165, 1.54) is 12.8 Å². The summed E-state index contributed by atoms with van der Waals surface area (Å²) in [6, 6.07) is 4.63. The number of nitrogens with zero attached hydrogens (tertiary/aromatic N) is 1. The van der Waals surface area contributed by atoms with E-state index >= 15 is 0 Å². The van der Waals surface area contributed by atoms with Crippen molar-refractivity contribution in [1.29, 1.82) is 0 Å².